The first-order chi connectivity index (χ1) is 9.86. The molecule has 2 heterocycles. The van der Waals surface area contributed by atoms with Crippen LogP contribution in [0.5, 0.6) is 5.75 Å². The highest BCUT2D eigenvalue weighted by molar-refractivity contribution is 5.79. The SMILES string of the molecule is CCCn1ncnc1COc1cnc2ccccc2c1. The van der Waals surface area contributed by atoms with Gasteiger partial charge >= 0.3 is 0 Å². The van der Waals surface area contributed by atoms with E-state index < -0.39 is 0 Å². The van der Waals surface area contributed by atoms with Gasteiger partial charge in [-0.25, -0.2) is 9.67 Å². The molecule has 0 unspecified atom stereocenters. The normalized spacial score (nSPS) is 10.8. The van der Waals surface area contributed by atoms with E-state index in [1.165, 1.54) is 0 Å². The van der Waals surface area contributed by atoms with E-state index in [-0.39, 0.29) is 0 Å². The molecule has 3 aromatic rings. The van der Waals surface area contributed by atoms with Crippen LogP contribution in [0.25, 0.3) is 10.9 Å². The van der Waals surface area contributed by atoms with Gasteiger partial charge in [0, 0.05) is 11.9 Å². The molecule has 0 fully saturated rings. The van der Waals surface area contributed by atoms with Gasteiger partial charge in [0.2, 0.25) is 0 Å². The van der Waals surface area contributed by atoms with Crippen LogP contribution < -0.4 is 4.74 Å². The highest BCUT2D eigenvalue weighted by Gasteiger charge is 2.05. The Labute approximate surface area is 117 Å². The fraction of sp³-hybridized carbons (Fsp3) is 0.267. The van der Waals surface area contributed by atoms with Gasteiger partial charge in [-0.2, -0.15) is 5.10 Å². The third-order valence-electron chi connectivity index (χ3n) is 3.06. The fourth-order valence-corrected chi connectivity index (χ4v) is 2.08. The van der Waals surface area contributed by atoms with E-state index in [1.807, 2.05) is 35.0 Å². The van der Waals surface area contributed by atoms with E-state index in [9.17, 15) is 0 Å². The summed E-state index contributed by atoms with van der Waals surface area (Å²) in [5.41, 5.74) is 0.967. The zero-order valence-corrected chi connectivity index (χ0v) is 11.4. The summed E-state index contributed by atoms with van der Waals surface area (Å²) < 4.78 is 7.63. The molecular weight excluding hydrogens is 252 g/mol. The van der Waals surface area contributed by atoms with Gasteiger partial charge in [-0.1, -0.05) is 25.1 Å². The Hall–Kier alpha value is -2.43. The number of benzene rings is 1. The third-order valence-corrected chi connectivity index (χ3v) is 3.06. The number of ether oxygens (including phenoxy) is 1. The van der Waals surface area contributed by atoms with Crippen LogP contribution in [0.1, 0.15) is 19.2 Å². The number of fused-ring (bicyclic) bond motifs is 1. The lowest BCUT2D eigenvalue weighted by molar-refractivity contribution is 0.285. The zero-order valence-electron chi connectivity index (χ0n) is 11.4. The summed E-state index contributed by atoms with van der Waals surface area (Å²) in [4.78, 5) is 8.59. The molecule has 0 aliphatic heterocycles. The molecule has 0 saturated carbocycles. The van der Waals surface area contributed by atoms with E-state index in [0.717, 1.165) is 35.4 Å². The Kier molecular flexibility index (Phi) is 3.58. The van der Waals surface area contributed by atoms with Gasteiger partial charge in [-0.15, -0.1) is 0 Å². The van der Waals surface area contributed by atoms with Crippen LogP contribution in [-0.4, -0.2) is 19.7 Å². The molecule has 0 radical (unpaired) electrons. The zero-order chi connectivity index (χ0) is 13.8. The first-order valence-corrected chi connectivity index (χ1v) is 6.71. The fourth-order valence-electron chi connectivity index (χ4n) is 2.08. The molecule has 0 atom stereocenters. The summed E-state index contributed by atoms with van der Waals surface area (Å²) in [5.74, 6) is 1.58. The lowest BCUT2D eigenvalue weighted by atomic mass is 10.2. The number of aryl methyl sites for hydroxylation is 1. The molecule has 0 aliphatic carbocycles. The standard InChI is InChI=1S/C15H16N4O/c1-2-7-19-15(17-11-18-19)10-20-13-8-12-5-3-4-6-14(12)16-9-13/h3-6,8-9,11H,2,7,10H2,1H3. The van der Waals surface area contributed by atoms with E-state index in [2.05, 4.69) is 22.0 Å². The number of hydrogen-bond donors (Lipinski definition) is 0. The molecule has 1 aromatic carbocycles. The summed E-state index contributed by atoms with van der Waals surface area (Å²) >= 11 is 0. The molecule has 0 bridgehead atoms. The molecule has 0 spiro atoms. The van der Waals surface area contributed by atoms with Crippen LogP contribution in [0.3, 0.4) is 0 Å². The lowest BCUT2D eigenvalue weighted by Crippen LogP contribution is -2.08. The smallest absolute Gasteiger partial charge is 0.164 e. The Balaban J connectivity index is 1.74. The Morgan fingerprint density at radius 2 is 2.10 bits per heavy atom. The molecule has 0 N–H and O–H groups in total. The Morgan fingerprint density at radius 3 is 3.00 bits per heavy atom. The van der Waals surface area contributed by atoms with Crippen molar-refractivity contribution in [3.05, 3.63) is 48.7 Å². The summed E-state index contributed by atoms with van der Waals surface area (Å²) in [6.45, 7) is 3.37. The lowest BCUT2D eigenvalue weighted by Gasteiger charge is -2.07. The number of para-hydroxylation sites is 1. The van der Waals surface area contributed by atoms with Gasteiger partial charge in [0.05, 0.1) is 11.7 Å². The van der Waals surface area contributed by atoms with Gasteiger partial charge in [-0.3, -0.25) is 4.98 Å². The molecule has 5 heteroatoms. The summed E-state index contributed by atoms with van der Waals surface area (Å²) in [6.07, 6.45) is 4.32. The quantitative estimate of drug-likeness (QED) is 0.714. The maximum Gasteiger partial charge on any atom is 0.164 e. The van der Waals surface area contributed by atoms with Crippen LogP contribution in [0.4, 0.5) is 0 Å². The van der Waals surface area contributed by atoms with E-state index in [1.54, 1.807) is 12.5 Å². The Bertz CT molecular complexity index is 708. The van der Waals surface area contributed by atoms with Gasteiger partial charge in [0.15, 0.2) is 5.82 Å². The number of rotatable bonds is 5. The molecular formula is C15H16N4O. The van der Waals surface area contributed by atoms with Gasteiger partial charge in [-0.05, 0) is 18.6 Å². The largest absolute Gasteiger partial charge is 0.484 e. The van der Waals surface area contributed by atoms with Gasteiger partial charge in [0.25, 0.3) is 0 Å². The van der Waals surface area contributed by atoms with Crippen molar-refractivity contribution in [2.45, 2.75) is 26.5 Å². The first kappa shape index (κ1) is 12.6. The van der Waals surface area contributed by atoms with Crippen LogP contribution >= 0.6 is 0 Å². The van der Waals surface area contributed by atoms with Crippen LogP contribution in [0.15, 0.2) is 42.9 Å². The van der Waals surface area contributed by atoms with Gasteiger partial charge in [0.1, 0.15) is 18.7 Å². The van der Waals surface area contributed by atoms with Crippen molar-refractivity contribution in [3.63, 3.8) is 0 Å². The van der Waals surface area contributed by atoms with Crippen molar-refractivity contribution < 1.29 is 4.74 Å². The molecule has 20 heavy (non-hydrogen) atoms. The third kappa shape index (κ3) is 2.61. The topological polar surface area (TPSA) is 52.8 Å². The van der Waals surface area contributed by atoms with Crippen molar-refractivity contribution in [2.24, 2.45) is 0 Å². The molecule has 2 aromatic heterocycles. The number of aromatic nitrogens is 4. The maximum absolute atomic E-state index is 5.76. The molecule has 3 rings (SSSR count). The Morgan fingerprint density at radius 1 is 1.20 bits per heavy atom. The second-order valence-electron chi connectivity index (χ2n) is 4.55. The average molecular weight is 268 g/mol. The average Bonchev–Trinajstić information content (AvgIpc) is 2.93. The number of pyridine rings is 1. The van der Waals surface area contributed by atoms with Crippen LogP contribution in [0, 0.1) is 0 Å². The molecule has 5 nitrogen and oxygen atoms in total. The highest BCUT2D eigenvalue weighted by atomic mass is 16.5. The number of nitrogens with zero attached hydrogens (tertiary/aromatic N) is 4. The van der Waals surface area contributed by atoms with Crippen molar-refractivity contribution in [1.29, 1.82) is 0 Å². The molecule has 0 aliphatic rings. The number of hydrogen-bond acceptors (Lipinski definition) is 4. The predicted molar refractivity (Wildman–Crippen MR) is 76.4 cm³/mol. The summed E-state index contributed by atoms with van der Waals surface area (Å²) in [6, 6.07) is 9.96. The van der Waals surface area contributed by atoms with Crippen molar-refractivity contribution in [3.8, 4) is 5.75 Å². The minimum Gasteiger partial charge on any atom is -0.484 e. The minimum atomic E-state index is 0.403. The molecule has 0 amide bonds. The first-order valence-electron chi connectivity index (χ1n) is 6.71. The monoisotopic (exact) mass is 268 g/mol. The van der Waals surface area contributed by atoms with E-state index in [0.29, 0.717) is 6.61 Å². The summed E-state index contributed by atoms with van der Waals surface area (Å²) in [7, 11) is 0. The van der Waals surface area contributed by atoms with E-state index in [4.69, 9.17) is 4.74 Å². The van der Waals surface area contributed by atoms with Crippen LogP contribution in [0.2, 0.25) is 0 Å². The highest BCUT2D eigenvalue weighted by Crippen LogP contribution is 2.18. The van der Waals surface area contributed by atoms with Gasteiger partial charge < -0.3 is 4.74 Å². The van der Waals surface area contributed by atoms with Crippen LogP contribution in [-0.2, 0) is 13.2 Å². The van der Waals surface area contributed by atoms with Crippen molar-refractivity contribution >= 4 is 10.9 Å². The predicted octanol–water partition coefficient (Wildman–Crippen LogP) is 2.82. The second kappa shape index (κ2) is 5.69. The summed E-state index contributed by atoms with van der Waals surface area (Å²) in [5, 5.41) is 5.25. The second-order valence-corrected chi connectivity index (χ2v) is 4.55. The minimum absolute atomic E-state index is 0.403. The van der Waals surface area contributed by atoms with E-state index >= 15 is 0 Å². The van der Waals surface area contributed by atoms with Crippen molar-refractivity contribution in [1.82, 2.24) is 19.7 Å². The molecule has 0 saturated heterocycles. The van der Waals surface area contributed by atoms with Crippen molar-refractivity contribution in [2.75, 3.05) is 0 Å². The maximum atomic E-state index is 5.76. The molecule has 102 valence electrons.